The highest BCUT2D eigenvalue weighted by Gasteiger charge is 2.16. The molecule has 6 heteroatoms. The third kappa shape index (κ3) is 3.08. The minimum Gasteiger partial charge on any atom is -0.388 e. The molecule has 116 valence electrons. The van der Waals surface area contributed by atoms with Crippen LogP contribution in [-0.4, -0.2) is 40.6 Å². The molecule has 0 bridgehead atoms. The number of fused-ring (bicyclic) bond motifs is 1. The van der Waals surface area contributed by atoms with Gasteiger partial charge in [-0.05, 0) is 44.0 Å². The number of aromatic nitrogens is 2. The summed E-state index contributed by atoms with van der Waals surface area (Å²) in [6.07, 6.45) is 2.89. The molecule has 6 nitrogen and oxygen atoms in total. The predicted molar refractivity (Wildman–Crippen MR) is 83.1 cm³/mol. The Balaban J connectivity index is 1.94. The molecule has 3 N–H and O–H groups in total. The molecule has 1 aliphatic rings. The van der Waals surface area contributed by atoms with E-state index >= 15 is 0 Å². The van der Waals surface area contributed by atoms with E-state index in [0.29, 0.717) is 28.2 Å². The second kappa shape index (κ2) is 6.37. The van der Waals surface area contributed by atoms with Gasteiger partial charge in [0.2, 0.25) is 0 Å². The van der Waals surface area contributed by atoms with Crippen LogP contribution in [0.4, 0.5) is 0 Å². The number of rotatable bonds is 4. The summed E-state index contributed by atoms with van der Waals surface area (Å²) < 4.78 is 0. The van der Waals surface area contributed by atoms with Crippen LogP contribution < -0.4 is 10.9 Å². The van der Waals surface area contributed by atoms with Gasteiger partial charge in [0.15, 0.2) is 5.78 Å². The fourth-order valence-corrected chi connectivity index (χ4v) is 2.91. The summed E-state index contributed by atoms with van der Waals surface area (Å²) in [6, 6.07) is 4.71. The lowest BCUT2D eigenvalue weighted by molar-refractivity contribution is 0.0904. The first kappa shape index (κ1) is 14.9. The van der Waals surface area contributed by atoms with E-state index in [9.17, 15) is 9.59 Å². The number of nitrogens with zero attached hydrogens (tertiary/aromatic N) is 1. The standard InChI is InChI=1S/C16H19N3O3/c20-9-14(21)11-1-2-12-13(8-11)18-15(19-16(12)22)7-10-3-5-17-6-4-10/h1-2,8,10,17,20H,3-7,9H2,(H,18,19,22). The first-order valence-corrected chi connectivity index (χ1v) is 7.55. The van der Waals surface area contributed by atoms with Gasteiger partial charge in [-0.2, -0.15) is 0 Å². The third-order valence-electron chi connectivity index (χ3n) is 4.16. The number of aliphatic hydroxyl groups excluding tert-OH is 1. The minimum atomic E-state index is -0.545. The summed E-state index contributed by atoms with van der Waals surface area (Å²) in [7, 11) is 0. The summed E-state index contributed by atoms with van der Waals surface area (Å²) in [5, 5.41) is 12.7. The van der Waals surface area contributed by atoms with E-state index in [4.69, 9.17) is 5.11 Å². The van der Waals surface area contributed by atoms with Gasteiger partial charge >= 0.3 is 0 Å². The first-order valence-electron chi connectivity index (χ1n) is 7.55. The predicted octanol–water partition coefficient (Wildman–Crippen LogP) is 0.640. The van der Waals surface area contributed by atoms with Crippen molar-refractivity contribution in [1.82, 2.24) is 15.3 Å². The zero-order chi connectivity index (χ0) is 15.5. The molecule has 1 aromatic heterocycles. The van der Waals surface area contributed by atoms with Crippen molar-refractivity contribution >= 4 is 16.7 Å². The Kier molecular flexibility index (Phi) is 4.31. The van der Waals surface area contributed by atoms with Gasteiger partial charge in [0.25, 0.3) is 5.56 Å². The first-order chi connectivity index (χ1) is 10.7. The van der Waals surface area contributed by atoms with Gasteiger partial charge in [-0.25, -0.2) is 4.98 Å². The summed E-state index contributed by atoms with van der Waals surface area (Å²) in [4.78, 5) is 31.1. The molecule has 0 radical (unpaired) electrons. The van der Waals surface area contributed by atoms with Crippen LogP contribution in [0.2, 0.25) is 0 Å². The van der Waals surface area contributed by atoms with Crippen LogP contribution in [0.5, 0.6) is 0 Å². The number of ketones is 1. The van der Waals surface area contributed by atoms with E-state index in [1.807, 2.05) is 0 Å². The van der Waals surface area contributed by atoms with Gasteiger partial charge < -0.3 is 15.4 Å². The lowest BCUT2D eigenvalue weighted by Gasteiger charge is -2.21. The average Bonchev–Trinajstić information content (AvgIpc) is 2.54. The van der Waals surface area contributed by atoms with Gasteiger partial charge in [0.1, 0.15) is 12.4 Å². The number of hydrogen-bond donors (Lipinski definition) is 3. The maximum atomic E-state index is 12.1. The van der Waals surface area contributed by atoms with Crippen molar-refractivity contribution in [2.45, 2.75) is 19.3 Å². The number of nitrogens with one attached hydrogen (secondary N) is 2. The van der Waals surface area contributed by atoms with E-state index in [-0.39, 0.29) is 11.3 Å². The Morgan fingerprint density at radius 3 is 2.82 bits per heavy atom. The number of carbonyl (C=O) groups is 1. The topological polar surface area (TPSA) is 95.1 Å². The zero-order valence-corrected chi connectivity index (χ0v) is 12.3. The van der Waals surface area contributed by atoms with E-state index in [1.54, 1.807) is 18.2 Å². The second-order valence-corrected chi connectivity index (χ2v) is 5.72. The van der Waals surface area contributed by atoms with Crippen molar-refractivity contribution in [3.63, 3.8) is 0 Å². The quantitative estimate of drug-likeness (QED) is 0.720. The molecule has 3 rings (SSSR count). The van der Waals surface area contributed by atoms with Gasteiger partial charge in [0, 0.05) is 12.0 Å². The summed E-state index contributed by atoms with van der Waals surface area (Å²) in [5.74, 6) is 0.811. The van der Waals surface area contributed by atoms with E-state index in [0.717, 1.165) is 32.4 Å². The molecule has 0 amide bonds. The van der Waals surface area contributed by atoms with Crippen LogP contribution in [0.15, 0.2) is 23.0 Å². The molecular formula is C16H19N3O3. The molecule has 0 spiro atoms. The molecule has 22 heavy (non-hydrogen) atoms. The number of Topliss-reactive ketones (excluding diaryl/α,β-unsaturated/α-hetero) is 1. The van der Waals surface area contributed by atoms with Crippen molar-refractivity contribution in [1.29, 1.82) is 0 Å². The lowest BCUT2D eigenvalue weighted by atomic mass is 9.94. The molecule has 0 atom stereocenters. The highest BCUT2D eigenvalue weighted by Crippen LogP contribution is 2.17. The summed E-state index contributed by atoms with van der Waals surface area (Å²) in [5.41, 5.74) is 0.699. The molecule has 0 aliphatic carbocycles. The van der Waals surface area contributed by atoms with Crippen molar-refractivity contribution in [3.05, 3.63) is 39.9 Å². The average molecular weight is 301 g/mol. The SMILES string of the molecule is O=C(CO)c1ccc2c(=O)[nH]c(CC3CCNCC3)nc2c1. The molecule has 1 saturated heterocycles. The van der Waals surface area contributed by atoms with Crippen LogP contribution in [-0.2, 0) is 6.42 Å². The van der Waals surface area contributed by atoms with Crippen molar-refractivity contribution < 1.29 is 9.90 Å². The molecule has 0 saturated carbocycles. The summed E-state index contributed by atoms with van der Waals surface area (Å²) in [6.45, 7) is 1.45. The largest absolute Gasteiger partial charge is 0.388 e. The van der Waals surface area contributed by atoms with Crippen LogP contribution in [0.1, 0.15) is 29.0 Å². The van der Waals surface area contributed by atoms with E-state index < -0.39 is 6.61 Å². The maximum absolute atomic E-state index is 12.1. The van der Waals surface area contributed by atoms with Crippen LogP contribution in [0, 0.1) is 5.92 Å². The molecular weight excluding hydrogens is 282 g/mol. The molecule has 1 fully saturated rings. The van der Waals surface area contributed by atoms with Crippen molar-refractivity contribution in [2.75, 3.05) is 19.7 Å². The van der Waals surface area contributed by atoms with Crippen LogP contribution >= 0.6 is 0 Å². The fraction of sp³-hybridized carbons (Fsp3) is 0.438. The number of aromatic amines is 1. The number of aliphatic hydroxyl groups is 1. The summed E-state index contributed by atoms with van der Waals surface area (Å²) >= 11 is 0. The normalized spacial score (nSPS) is 16.0. The van der Waals surface area contributed by atoms with Crippen LogP contribution in [0.25, 0.3) is 10.9 Å². The number of hydrogen-bond acceptors (Lipinski definition) is 5. The Labute approximate surface area is 127 Å². The fourth-order valence-electron chi connectivity index (χ4n) is 2.91. The van der Waals surface area contributed by atoms with Gasteiger partial charge in [0.05, 0.1) is 10.9 Å². The Morgan fingerprint density at radius 2 is 2.09 bits per heavy atom. The lowest BCUT2D eigenvalue weighted by Crippen LogP contribution is -2.29. The molecule has 0 unspecified atom stereocenters. The Morgan fingerprint density at radius 1 is 1.32 bits per heavy atom. The number of piperidine rings is 1. The number of benzene rings is 1. The van der Waals surface area contributed by atoms with Crippen molar-refractivity contribution in [3.8, 4) is 0 Å². The zero-order valence-electron chi connectivity index (χ0n) is 12.3. The highest BCUT2D eigenvalue weighted by atomic mass is 16.3. The smallest absolute Gasteiger partial charge is 0.258 e. The molecule has 2 aromatic rings. The van der Waals surface area contributed by atoms with Crippen molar-refractivity contribution in [2.24, 2.45) is 5.92 Å². The van der Waals surface area contributed by atoms with Gasteiger partial charge in [-0.15, -0.1) is 0 Å². The molecule has 1 aromatic carbocycles. The Bertz CT molecular complexity index is 748. The third-order valence-corrected chi connectivity index (χ3v) is 4.16. The Hall–Kier alpha value is -2.05. The van der Waals surface area contributed by atoms with E-state index in [1.165, 1.54) is 0 Å². The number of carbonyl (C=O) groups excluding carboxylic acids is 1. The van der Waals surface area contributed by atoms with E-state index in [2.05, 4.69) is 15.3 Å². The molecule has 1 aliphatic heterocycles. The monoisotopic (exact) mass is 301 g/mol. The van der Waals surface area contributed by atoms with Crippen LogP contribution in [0.3, 0.4) is 0 Å². The van der Waals surface area contributed by atoms with Gasteiger partial charge in [-0.3, -0.25) is 9.59 Å². The number of H-pyrrole nitrogens is 1. The maximum Gasteiger partial charge on any atom is 0.258 e. The second-order valence-electron chi connectivity index (χ2n) is 5.72. The van der Waals surface area contributed by atoms with Gasteiger partial charge in [-0.1, -0.05) is 6.07 Å². The molecule has 2 heterocycles. The minimum absolute atomic E-state index is 0.183. The highest BCUT2D eigenvalue weighted by molar-refractivity contribution is 5.99.